The van der Waals surface area contributed by atoms with Crippen LogP contribution in [0.3, 0.4) is 0 Å². The van der Waals surface area contributed by atoms with Gasteiger partial charge in [0.05, 0.1) is 33.9 Å². The van der Waals surface area contributed by atoms with Crippen LogP contribution >= 0.6 is 0 Å². The number of benzene rings is 6. The zero-order chi connectivity index (χ0) is 82.7. The average Bonchev–Trinajstić information content (AvgIpc) is 0.648. The Kier molecular flexibility index (Phi) is 26.2. The summed E-state index contributed by atoms with van der Waals surface area (Å²) >= 11 is 0. The fourth-order valence-corrected chi connectivity index (χ4v) is 17.2. The van der Waals surface area contributed by atoms with Gasteiger partial charge < -0.3 is 29.2 Å². The summed E-state index contributed by atoms with van der Waals surface area (Å²) in [5.74, 6) is -1.54. The van der Waals surface area contributed by atoms with Crippen LogP contribution in [0.15, 0.2) is 72.8 Å². The molecule has 594 valence electrons. The number of phenolic OH excluding ortho intramolecular Hbond substituents is 2. The lowest BCUT2D eigenvalue weighted by molar-refractivity contribution is -0.141. The maximum Gasteiger partial charge on any atom is 0.305 e. The van der Waals surface area contributed by atoms with E-state index in [1.807, 2.05) is 12.1 Å². The van der Waals surface area contributed by atoms with Gasteiger partial charge in [-0.15, -0.1) is 0 Å². The molecule has 0 spiro atoms. The van der Waals surface area contributed by atoms with Crippen molar-refractivity contribution in [2.75, 3.05) is 28.4 Å². The molecule has 0 saturated carbocycles. The normalized spacial score (nSPS) is 13.7. The molecule has 10 nitrogen and oxygen atoms in total. The molecular weight excluding hydrogens is 1340 g/mol. The maximum atomic E-state index is 13.9. The molecule has 0 aromatic heterocycles. The second kappa shape index (κ2) is 31.5. The number of carbonyl (C=O) groups is 4. The van der Waals surface area contributed by atoms with Crippen LogP contribution in [-0.2, 0) is 129 Å². The van der Waals surface area contributed by atoms with E-state index in [-0.39, 0.29) is 61.1 Å². The molecule has 0 aliphatic carbocycles. The minimum atomic E-state index is -1.62. The molecule has 0 amide bonds. The Morgan fingerprint density at radius 1 is 0.287 bits per heavy atom. The summed E-state index contributed by atoms with van der Waals surface area (Å²) in [6.45, 7) is 76.4. The van der Waals surface area contributed by atoms with Gasteiger partial charge in [-0.05, 0) is 234 Å². The zero-order valence-corrected chi connectivity index (χ0v) is 74.3. The third kappa shape index (κ3) is 18.5. The molecule has 6 aromatic rings. The Hall–Kier alpha value is -7.20. The van der Waals surface area contributed by atoms with Crippen LogP contribution in [0.25, 0.3) is 0 Å². The zero-order valence-electron chi connectivity index (χ0n) is 74.3. The topological polar surface area (TPSA) is 146 Å². The number of phenols is 2. The van der Waals surface area contributed by atoms with E-state index in [9.17, 15) is 29.4 Å². The molecule has 0 aliphatic heterocycles. The fourth-order valence-electron chi connectivity index (χ4n) is 17.2. The van der Waals surface area contributed by atoms with Gasteiger partial charge >= 0.3 is 23.9 Å². The second-order valence-corrected chi connectivity index (χ2v) is 41.8. The van der Waals surface area contributed by atoms with Gasteiger partial charge in [0, 0.05) is 31.1 Å². The highest BCUT2D eigenvalue weighted by molar-refractivity contribution is 5.79. The van der Waals surface area contributed by atoms with Gasteiger partial charge in [-0.25, -0.2) is 0 Å². The van der Waals surface area contributed by atoms with E-state index >= 15 is 0 Å². The highest BCUT2D eigenvalue weighted by Crippen LogP contribution is 2.71. The van der Waals surface area contributed by atoms with Crippen molar-refractivity contribution in [1.82, 2.24) is 0 Å². The van der Waals surface area contributed by atoms with Crippen molar-refractivity contribution in [3.05, 3.63) is 195 Å². The quantitative estimate of drug-likeness (QED) is 0.0430. The van der Waals surface area contributed by atoms with Crippen LogP contribution in [0, 0.1) is 13.8 Å². The minimum absolute atomic E-state index is 0.145. The predicted octanol–water partition coefficient (Wildman–Crippen LogP) is 23.2. The van der Waals surface area contributed by atoms with E-state index in [1.54, 1.807) is 0 Å². The molecule has 6 rings (SSSR count). The lowest BCUT2D eigenvalue weighted by Crippen LogP contribution is -2.60. The molecule has 0 saturated heterocycles. The SMILES string of the molecule is COC(=O)CCc1cc(C(C)(C)C)c(C(C)C(c2c(C(C)(C)C)cc(CCC(=O)OC)cc2C(C)(C)C)(c2c(C(C)(C)C)cc(CCC(=O)OC)cc2C(C)(C)C)C(c2cc(C(C)(C)C)c(O)cc2C)(c2cc(C(C)(C)C)c(O)cc2C)c2c(C(C)(C)C)cc(CCC(=O)OC)cc2C(C)(C)C)c(C(C)(C)C)c1. The first-order valence-electron chi connectivity index (χ1n) is 39.6. The van der Waals surface area contributed by atoms with Gasteiger partial charge in [0.1, 0.15) is 11.5 Å². The molecule has 2 N–H and O–H groups in total. The number of carbonyl (C=O) groups excluding carboxylic acids is 4. The Bertz CT molecular complexity index is 4010. The number of aromatic hydroxyl groups is 2. The predicted molar refractivity (Wildman–Crippen MR) is 449 cm³/mol. The Labute approximate surface area is 654 Å². The first-order valence-corrected chi connectivity index (χ1v) is 39.6. The number of aryl methyl sites for hydroxylation is 6. The minimum Gasteiger partial charge on any atom is -0.508 e. The van der Waals surface area contributed by atoms with E-state index in [1.165, 1.54) is 28.4 Å². The largest absolute Gasteiger partial charge is 0.508 e. The number of rotatable bonds is 20. The summed E-state index contributed by atoms with van der Waals surface area (Å²) < 4.78 is 21.9. The van der Waals surface area contributed by atoms with E-state index in [0.29, 0.717) is 25.7 Å². The van der Waals surface area contributed by atoms with E-state index < -0.39 is 70.9 Å². The molecule has 0 heterocycles. The molecule has 1 unspecified atom stereocenters. The molecular formula is C98H142O10. The number of hydrogen-bond acceptors (Lipinski definition) is 10. The van der Waals surface area contributed by atoms with Crippen LogP contribution in [0.4, 0.5) is 0 Å². The highest BCUT2D eigenvalue weighted by Gasteiger charge is 2.67. The van der Waals surface area contributed by atoms with Crippen molar-refractivity contribution in [3.8, 4) is 11.5 Å². The standard InChI is InChI=1S/C98H142O10/c1-58-46-77(99)67(87(4,5)6)56-65(58)98(66-57-68(88(7,8)9)78(100)47-59(66)2,86-75(95(28,29)30)54-64(41-45-82(104)108-37)55-76(86)96(31,32)33)97(84-71(91(16,17)18)50-62(39-43-80(102)106-35)51-72(84)92(19,20)21,85-73(93(22,23)24)52-63(40-44-81(103)107-36)53-74(85)94(25,26)27)60(3)83-69(89(10,11)12)48-61(38-42-79(101)105-34)49-70(83)90(13,14)15/h46-57,60,99-100H,38-45H2,1-37H3. The monoisotopic (exact) mass is 1480 g/mol. The molecule has 1 atom stereocenters. The van der Waals surface area contributed by atoms with Crippen LogP contribution in [0.5, 0.6) is 11.5 Å². The van der Waals surface area contributed by atoms with Crippen LogP contribution in [0.2, 0.25) is 0 Å². The smallest absolute Gasteiger partial charge is 0.305 e. The molecule has 0 fully saturated rings. The fraction of sp³-hybridized carbons (Fsp3) is 0.592. The van der Waals surface area contributed by atoms with E-state index in [0.717, 1.165) is 122 Å². The summed E-state index contributed by atoms with van der Waals surface area (Å²) in [5, 5.41) is 26.7. The summed E-state index contributed by atoms with van der Waals surface area (Å²) in [6, 6.07) is 28.2. The number of esters is 4. The van der Waals surface area contributed by atoms with Crippen molar-refractivity contribution < 1.29 is 48.3 Å². The van der Waals surface area contributed by atoms with Gasteiger partial charge in [0.25, 0.3) is 0 Å². The van der Waals surface area contributed by atoms with Gasteiger partial charge in [-0.2, -0.15) is 0 Å². The summed E-state index contributed by atoms with van der Waals surface area (Å²) in [6.07, 6.45) is 2.23. The Balaban J connectivity index is 2.64. The number of methoxy groups -OCH3 is 4. The van der Waals surface area contributed by atoms with Gasteiger partial charge in [0.2, 0.25) is 0 Å². The maximum absolute atomic E-state index is 13.9. The lowest BCUT2D eigenvalue weighted by atomic mass is 9.38. The van der Waals surface area contributed by atoms with Crippen molar-refractivity contribution in [2.24, 2.45) is 0 Å². The van der Waals surface area contributed by atoms with Crippen molar-refractivity contribution in [1.29, 1.82) is 0 Å². The van der Waals surface area contributed by atoms with Crippen molar-refractivity contribution in [3.63, 3.8) is 0 Å². The lowest BCUT2D eigenvalue weighted by Gasteiger charge is -2.63. The Morgan fingerprint density at radius 2 is 0.481 bits per heavy atom. The molecule has 0 aliphatic rings. The molecule has 6 aromatic carbocycles. The third-order valence-corrected chi connectivity index (χ3v) is 22.6. The van der Waals surface area contributed by atoms with Crippen LogP contribution in [-0.4, -0.2) is 62.5 Å². The molecule has 0 bridgehead atoms. The third-order valence-electron chi connectivity index (χ3n) is 22.6. The van der Waals surface area contributed by atoms with Crippen LogP contribution in [0.1, 0.15) is 369 Å². The van der Waals surface area contributed by atoms with Crippen molar-refractivity contribution >= 4 is 23.9 Å². The van der Waals surface area contributed by atoms with Gasteiger partial charge in [-0.1, -0.05) is 275 Å². The van der Waals surface area contributed by atoms with Gasteiger partial charge in [-0.3, -0.25) is 19.2 Å². The number of ether oxygens (including phenoxy) is 4. The first kappa shape index (κ1) is 89.7. The van der Waals surface area contributed by atoms with E-state index in [2.05, 4.69) is 289 Å². The molecule has 10 heteroatoms. The molecule has 108 heavy (non-hydrogen) atoms. The number of hydrogen-bond donors (Lipinski definition) is 2. The Morgan fingerprint density at radius 3 is 0.676 bits per heavy atom. The summed E-state index contributed by atoms with van der Waals surface area (Å²) in [7, 11) is 5.83. The summed E-state index contributed by atoms with van der Waals surface area (Å²) in [4.78, 5) is 55.1. The van der Waals surface area contributed by atoms with E-state index in [4.69, 9.17) is 18.9 Å². The van der Waals surface area contributed by atoms with Gasteiger partial charge in [0.15, 0.2) is 0 Å². The highest BCUT2D eigenvalue weighted by atomic mass is 16.5. The molecule has 0 radical (unpaired) electrons. The summed E-state index contributed by atoms with van der Waals surface area (Å²) in [5.41, 5.74) is 12.2. The average molecular weight is 1480 g/mol. The second-order valence-electron chi connectivity index (χ2n) is 41.8. The van der Waals surface area contributed by atoms with Crippen molar-refractivity contribution in [2.45, 2.75) is 351 Å². The first-order chi connectivity index (χ1) is 48.9. The van der Waals surface area contributed by atoms with Crippen LogP contribution < -0.4 is 0 Å².